The molecule has 0 bridgehead atoms. The first-order chi connectivity index (χ1) is 11.7. The SMILES string of the molecule is Cc1ccc(CN2CCC3CCN(c4ncccn4)CC32)c(C)c1. The van der Waals surface area contributed by atoms with Gasteiger partial charge in [0.15, 0.2) is 0 Å². The van der Waals surface area contributed by atoms with E-state index in [-0.39, 0.29) is 0 Å². The van der Waals surface area contributed by atoms with Crippen molar-refractivity contribution in [1.82, 2.24) is 14.9 Å². The van der Waals surface area contributed by atoms with Gasteiger partial charge in [-0.3, -0.25) is 4.90 Å². The van der Waals surface area contributed by atoms with Crippen molar-refractivity contribution in [2.45, 2.75) is 39.3 Å². The molecule has 0 spiro atoms. The van der Waals surface area contributed by atoms with Gasteiger partial charge in [0.25, 0.3) is 0 Å². The van der Waals surface area contributed by atoms with Gasteiger partial charge in [-0.2, -0.15) is 0 Å². The number of aryl methyl sites for hydroxylation is 2. The van der Waals surface area contributed by atoms with Crippen LogP contribution in [0, 0.1) is 19.8 Å². The van der Waals surface area contributed by atoms with E-state index in [9.17, 15) is 0 Å². The molecule has 1 aromatic carbocycles. The molecule has 0 N–H and O–H groups in total. The molecule has 0 amide bonds. The Morgan fingerprint density at radius 3 is 2.67 bits per heavy atom. The smallest absolute Gasteiger partial charge is 0.225 e. The Morgan fingerprint density at radius 2 is 1.88 bits per heavy atom. The van der Waals surface area contributed by atoms with Crippen LogP contribution < -0.4 is 4.90 Å². The molecule has 24 heavy (non-hydrogen) atoms. The summed E-state index contributed by atoms with van der Waals surface area (Å²) in [6, 6.07) is 9.36. The Kier molecular flexibility index (Phi) is 4.23. The number of piperidine rings is 1. The van der Waals surface area contributed by atoms with Crippen molar-refractivity contribution in [3.63, 3.8) is 0 Å². The number of hydrogen-bond acceptors (Lipinski definition) is 4. The highest BCUT2D eigenvalue weighted by atomic mass is 15.3. The Labute approximate surface area is 144 Å². The molecular formula is C20H26N4. The average molecular weight is 322 g/mol. The number of hydrogen-bond donors (Lipinski definition) is 0. The number of rotatable bonds is 3. The third kappa shape index (κ3) is 3.03. The Bertz CT molecular complexity index is 700. The standard InChI is InChI=1S/C20H26N4/c1-15-4-5-18(16(2)12-15)13-23-10-6-17-7-11-24(14-19(17)23)20-21-8-3-9-22-20/h3-5,8-9,12,17,19H,6-7,10-11,13-14H2,1-2H3. The maximum atomic E-state index is 4.45. The second-order valence-electron chi connectivity index (χ2n) is 7.30. The number of anilines is 1. The van der Waals surface area contributed by atoms with Crippen LogP contribution in [0.2, 0.25) is 0 Å². The second kappa shape index (κ2) is 6.52. The largest absolute Gasteiger partial charge is 0.339 e. The van der Waals surface area contributed by atoms with Crippen LogP contribution in [-0.4, -0.2) is 40.5 Å². The van der Waals surface area contributed by atoms with Crippen molar-refractivity contribution < 1.29 is 0 Å². The molecule has 2 atom stereocenters. The zero-order chi connectivity index (χ0) is 16.5. The fourth-order valence-corrected chi connectivity index (χ4v) is 4.30. The van der Waals surface area contributed by atoms with Crippen LogP contribution in [0.5, 0.6) is 0 Å². The van der Waals surface area contributed by atoms with Gasteiger partial charge in [-0.15, -0.1) is 0 Å². The summed E-state index contributed by atoms with van der Waals surface area (Å²) in [5.74, 6) is 1.71. The molecule has 4 heteroatoms. The molecule has 0 saturated carbocycles. The van der Waals surface area contributed by atoms with E-state index >= 15 is 0 Å². The molecule has 2 unspecified atom stereocenters. The van der Waals surface area contributed by atoms with E-state index in [1.807, 2.05) is 18.5 Å². The molecule has 2 aliphatic heterocycles. The summed E-state index contributed by atoms with van der Waals surface area (Å²) >= 11 is 0. The van der Waals surface area contributed by atoms with Gasteiger partial charge in [-0.25, -0.2) is 9.97 Å². The normalized spacial score (nSPS) is 24.2. The lowest BCUT2D eigenvalue weighted by Gasteiger charge is -2.38. The molecule has 4 nitrogen and oxygen atoms in total. The molecule has 2 aromatic rings. The van der Waals surface area contributed by atoms with Crippen molar-refractivity contribution >= 4 is 5.95 Å². The van der Waals surface area contributed by atoms with Gasteiger partial charge < -0.3 is 4.90 Å². The van der Waals surface area contributed by atoms with Crippen LogP contribution in [0.15, 0.2) is 36.7 Å². The van der Waals surface area contributed by atoms with Crippen molar-refractivity contribution in [2.75, 3.05) is 24.5 Å². The summed E-state index contributed by atoms with van der Waals surface area (Å²) in [5.41, 5.74) is 4.23. The van der Waals surface area contributed by atoms with Crippen molar-refractivity contribution in [1.29, 1.82) is 0 Å². The Hall–Kier alpha value is -1.94. The van der Waals surface area contributed by atoms with Gasteiger partial charge in [-0.1, -0.05) is 23.8 Å². The maximum Gasteiger partial charge on any atom is 0.225 e. The third-order valence-electron chi connectivity index (χ3n) is 5.68. The third-order valence-corrected chi connectivity index (χ3v) is 5.68. The predicted octanol–water partition coefficient (Wildman–Crippen LogP) is 3.19. The van der Waals surface area contributed by atoms with Crippen molar-refractivity contribution in [3.8, 4) is 0 Å². The number of fused-ring (bicyclic) bond motifs is 1. The molecule has 3 heterocycles. The molecule has 2 aliphatic rings. The van der Waals surface area contributed by atoms with E-state index in [1.165, 1.54) is 36.1 Å². The van der Waals surface area contributed by atoms with E-state index in [4.69, 9.17) is 0 Å². The van der Waals surface area contributed by atoms with Crippen molar-refractivity contribution in [2.24, 2.45) is 5.92 Å². The highest BCUT2D eigenvalue weighted by Crippen LogP contribution is 2.34. The summed E-state index contributed by atoms with van der Waals surface area (Å²) < 4.78 is 0. The van der Waals surface area contributed by atoms with E-state index in [1.54, 1.807) is 0 Å². The summed E-state index contributed by atoms with van der Waals surface area (Å²) in [4.78, 5) is 13.9. The van der Waals surface area contributed by atoms with Gasteiger partial charge in [0.05, 0.1) is 0 Å². The minimum Gasteiger partial charge on any atom is -0.339 e. The van der Waals surface area contributed by atoms with Crippen LogP contribution in [0.4, 0.5) is 5.95 Å². The lowest BCUT2D eigenvalue weighted by atomic mass is 9.92. The van der Waals surface area contributed by atoms with Gasteiger partial charge in [-0.05, 0) is 56.3 Å². The molecule has 0 aliphatic carbocycles. The Morgan fingerprint density at radius 1 is 1.08 bits per heavy atom. The number of likely N-dealkylation sites (tertiary alicyclic amines) is 1. The number of benzene rings is 1. The molecule has 126 valence electrons. The summed E-state index contributed by atoms with van der Waals surface area (Å²) in [5, 5.41) is 0. The highest BCUT2D eigenvalue weighted by Gasteiger charge is 2.38. The van der Waals surface area contributed by atoms with E-state index < -0.39 is 0 Å². The van der Waals surface area contributed by atoms with Crippen LogP contribution in [-0.2, 0) is 6.54 Å². The molecule has 2 saturated heterocycles. The summed E-state index contributed by atoms with van der Waals surface area (Å²) in [6.07, 6.45) is 6.28. The molecule has 0 radical (unpaired) electrons. The van der Waals surface area contributed by atoms with Crippen LogP contribution in [0.3, 0.4) is 0 Å². The lowest BCUT2D eigenvalue weighted by Crippen LogP contribution is -2.48. The fourth-order valence-electron chi connectivity index (χ4n) is 4.30. The number of aromatic nitrogens is 2. The van der Waals surface area contributed by atoms with E-state index in [2.05, 4.69) is 51.8 Å². The molecule has 2 fully saturated rings. The zero-order valence-electron chi connectivity index (χ0n) is 14.7. The Balaban J connectivity index is 1.49. The average Bonchev–Trinajstić information content (AvgIpc) is 3.00. The van der Waals surface area contributed by atoms with Crippen LogP contribution in [0.1, 0.15) is 29.5 Å². The topological polar surface area (TPSA) is 32.3 Å². The predicted molar refractivity (Wildman–Crippen MR) is 97.1 cm³/mol. The molecule has 4 rings (SSSR count). The second-order valence-corrected chi connectivity index (χ2v) is 7.30. The van der Waals surface area contributed by atoms with Gasteiger partial charge >= 0.3 is 0 Å². The van der Waals surface area contributed by atoms with Crippen LogP contribution >= 0.6 is 0 Å². The maximum absolute atomic E-state index is 4.45. The van der Waals surface area contributed by atoms with Gasteiger partial charge in [0.2, 0.25) is 5.95 Å². The summed E-state index contributed by atoms with van der Waals surface area (Å²) in [7, 11) is 0. The summed E-state index contributed by atoms with van der Waals surface area (Å²) in [6.45, 7) is 8.83. The minimum absolute atomic E-state index is 0.628. The van der Waals surface area contributed by atoms with E-state index in [0.29, 0.717) is 6.04 Å². The van der Waals surface area contributed by atoms with Crippen molar-refractivity contribution in [3.05, 3.63) is 53.3 Å². The lowest BCUT2D eigenvalue weighted by molar-refractivity contribution is 0.199. The first kappa shape index (κ1) is 15.6. The van der Waals surface area contributed by atoms with Gasteiger partial charge in [0.1, 0.15) is 0 Å². The quantitative estimate of drug-likeness (QED) is 0.869. The highest BCUT2D eigenvalue weighted by molar-refractivity contribution is 5.32. The first-order valence-corrected chi connectivity index (χ1v) is 9.03. The zero-order valence-corrected chi connectivity index (χ0v) is 14.7. The van der Waals surface area contributed by atoms with E-state index in [0.717, 1.165) is 31.5 Å². The minimum atomic E-state index is 0.628. The monoisotopic (exact) mass is 322 g/mol. The fraction of sp³-hybridized carbons (Fsp3) is 0.500. The molecule has 1 aromatic heterocycles. The first-order valence-electron chi connectivity index (χ1n) is 9.03. The molecular weight excluding hydrogens is 296 g/mol. The number of nitrogens with zero attached hydrogens (tertiary/aromatic N) is 4. The van der Waals surface area contributed by atoms with Crippen LogP contribution in [0.25, 0.3) is 0 Å². The van der Waals surface area contributed by atoms with Gasteiger partial charge in [0, 0.05) is 38.1 Å².